The molecule has 1 aliphatic rings. The van der Waals surface area contributed by atoms with Crippen molar-refractivity contribution in [3.05, 3.63) is 28.8 Å². The van der Waals surface area contributed by atoms with Crippen LogP contribution < -0.4 is 4.90 Å². The van der Waals surface area contributed by atoms with E-state index in [4.69, 9.17) is 11.6 Å². The van der Waals surface area contributed by atoms with Crippen molar-refractivity contribution in [2.24, 2.45) is 0 Å². The predicted molar refractivity (Wildman–Crippen MR) is 81.5 cm³/mol. The third-order valence-corrected chi connectivity index (χ3v) is 3.90. The van der Waals surface area contributed by atoms with Gasteiger partial charge in [0.2, 0.25) is 0 Å². The van der Waals surface area contributed by atoms with Gasteiger partial charge in [0, 0.05) is 11.6 Å². The Bertz CT molecular complexity index is 513. The lowest BCUT2D eigenvalue weighted by Gasteiger charge is -2.16. The van der Waals surface area contributed by atoms with Crippen LogP contribution in [0.2, 0.25) is 5.02 Å². The number of unbranched alkanes of at least 4 members (excludes halogenated alkanes) is 5. The minimum atomic E-state index is -0.421. The second-order valence-electron chi connectivity index (χ2n) is 5.22. The normalized spacial score (nSPS) is 14.0. The average molecular weight is 294 g/mol. The minimum absolute atomic E-state index is 0.414. The molecule has 1 aromatic rings. The van der Waals surface area contributed by atoms with Gasteiger partial charge in [0.25, 0.3) is 11.7 Å². The maximum absolute atomic E-state index is 12.0. The second-order valence-corrected chi connectivity index (χ2v) is 5.65. The monoisotopic (exact) mass is 293 g/mol. The van der Waals surface area contributed by atoms with E-state index < -0.39 is 11.7 Å². The van der Waals surface area contributed by atoms with Crippen LogP contribution >= 0.6 is 11.6 Å². The molecule has 20 heavy (non-hydrogen) atoms. The van der Waals surface area contributed by atoms with Crippen LogP contribution in [0, 0.1) is 0 Å². The Morgan fingerprint density at radius 1 is 1.05 bits per heavy atom. The van der Waals surface area contributed by atoms with Crippen LogP contribution in [0.15, 0.2) is 18.2 Å². The van der Waals surface area contributed by atoms with E-state index in [1.807, 2.05) is 0 Å². The fourth-order valence-corrected chi connectivity index (χ4v) is 2.71. The van der Waals surface area contributed by atoms with Crippen LogP contribution in [-0.4, -0.2) is 18.2 Å². The molecule has 4 heteroatoms. The summed E-state index contributed by atoms with van der Waals surface area (Å²) < 4.78 is 0. The lowest BCUT2D eigenvalue weighted by Crippen LogP contribution is -2.30. The number of rotatable bonds is 7. The van der Waals surface area contributed by atoms with Crippen molar-refractivity contribution in [3.63, 3.8) is 0 Å². The van der Waals surface area contributed by atoms with E-state index in [2.05, 4.69) is 6.92 Å². The number of benzene rings is 1. The van der Waals surface area contributed by atoms with Gasteiger partial charge in [0.1, 0.15) is 0 Å². The Morgan fingerprint density at radius 2 is 1.75 bits per heavy atom. The molecule has 0 spiro atoms. The van der Waals surface area contributed by atoms with Crippen LogP contribution in [0.25, 0.3) is 0 Å². The summed E-state index contributed by atoms with van der Waals surface area (Å²) in [6.07, 6.45) is 6.94. The molecular formula is C16H20ClNO2. The zero-order valence-electron chi connectivity index (χ0n) is 11.8. The summed E-state index contributed by atoms with van der Waals surface area (Å²) in [5.74, 6) is -0.835. The molecule has 0 saturated carbocycles. The fourth-order valence-electron chi connectivity index (χ4n) is 2.54. The van der Waals surface area contributed by atoms with Crippen LogP contribution in [0.4, 0.5) is 5.69 Å². The maximum atomic E-state index is 12.0. The zero-order valence-corrected chi connectivity index (χ0v) is 12.6. The highest BCUT2D eigenvalue weighted by Gasteiger charge is 2.35. The number of carbonyl (C=O) groups is 2. The Kier molecular flexibility index (Phi) is 5.18. The largest absolute Gasteiger partial charge is 0.305 e. The molecule has 0 saturated heterocycles. The number of hydrogen-bond donors (Lipinski definition) is 0. The number of hydrogen-bond acceptors (Lipinski definition) is 2. The molecule has 0 aliphatic carbocycles. The molecule has 0 radical (unpaired) electrons. The van der Waals surface area contributed by atoms with Crippen LogP contribution in [-0.2, 0) is 4.79 Å². The van der Waals surface area contributed by atoms with E-state index in [-0.39, 0.29) is 0 Å². The van der Waals surface area contributed by atoms with E-state index >= 15 is 0 Å². The third-order valence-electron chi connectivity index (χ3n) is 3.67. The van der Waals surface area contributed by atoms with Crippen molar-refractivity contribution >= 4 is 29.0 Å². The van der Waals surface area contributed by atoms with Gasteiger partial charge in [-0.05, 0) is 24.6 Å². The standard InChI is InChI=1S/C16H20ClNO2/c1-2-3-4-5-6-7-10-18-14-11-12(17)8-9-13(14)15(19)16(18)20/h8-9,11H,2-7,10H2,1H3. The predicted octanol–water partition coefficient (Wildman–Crippen LogP) is 4.23. The lowest BCUT2D eigenvalue weighted by molar-refractivity contribution is -0.114. The van der Waals surface area contributed by atoms with Crippen molar-refractivity contribution in [2.45, 2.75) is 45.4 Å². The van der Waals surface area contributed by atoms with Crippen molar-refractivity contribution in [3.8, 4) is 0 Å². The first-order valence-corrected chi connectivity index (χ1v) is 7.68. The first-order valence-electron chi connectivity index (χ1n) is 7.31. The maximum Gasteiger partial charge on any atom is 0.299 e. The van der Waals surface area contributed by atoms with Crippen molar-refractivity contribution in [1.82, 2.24) is 0 Å². The summed E-state index contributed by atoms with van der Waals surface area (Å²) in [4.78, 5) is 25.4. The van der Waals surface area contributed by atoms with Gasteiger partial charge in [-0.3, -0.25) is 9.59 Å². The summed E-state index contributed by atoms with van der Waals surface area (Å²) in [5.41, 5.74) is 1.14. The quantitative estimate of drug-likeness (QED) is 0.557. The summed E-state index contributed by atoms with van der Waals surface area (Å²) in [6, 6.07) is 5.00. The first kappa shape index (κ1) is 15.0. The summed E-state index contributed by atoms with van der Waals surface area (Å²) in [5, 5.41) is 0.555. The van der Waals surface area contributed by atoms with Gasteiger partial charge in [-0.2, -0.15) is 0 Å². The van der Waals surface area contributed by atoms with Gasteiger partial charge in [0.05, 0.1) is 11.3 Å². The number of amides is 1. The number of anilines is 1. The van der Waals surface area contributed by atoms with E-state index in [0.29, 0.717) is 22.8 Å². The topological polar surface area (TPSA) is 37.4 Å². The molecule has 0 aromatic heterocycles. The Balaban J connectivity index is 1.94. The molecule has 2 rings (SSSR count). The van der Waals surface area contributed by atoms with Gasteiger partial charge in [-0.25, -0.2) is 0 Å². The number of carbonyl (C=O) groups excluding carboxylic acids is 2. The number of ketones is 1. The van der Waals surface area contributed by atoms with Gasteiger partial charge in [-0.15, -0.1) is 0 Å². The van der Waals surface area contributed by atoms with Crippen molar-refractivity contribution < 1.29 is 9.59 Å². The van der Waals surface area contributed by atoms with Crippen LogP contribution in [0.5, 0.6) is 0 Å². The van der Waals surface area contributed by atoms with Gasteiger partial charge < -0.3 is 4.90 Å². The highest BCUT2D eigenvalue weighted by Crippen LogP contribution is 2.31. The molecule has 1 heterocycles. The minimum Gasteiger partial charge on any atom is -0.305 e. The van der Waals surface area contributed by atoms with Crippen molar-refractivity contribution in [2.75, 3.05) is 11.4 Å². The summed E-state index contributed by atoms with van der Waals surface area (Å²) >= 11 is 5.95. The van der Waals surface area contributed by atoms with E-state index in [0.717, 1.165) is 12.8 Å². The zero-order chi connectivity index (χ0) is 14.5. The molecule has 3 nitrogen and oxygen atoms in total. The molecule has 0 unspecified atom stereocenters. The van der Waals surface area contributed by atoms with E-state index in [1.54, 1.807) is 23.1 Å². The van der Waals surface area contributed by atoms with Crippen LogP contribution in [0.1, 0.15) is 55.8 Å². The van der Waals surface area contributed by atoms with Gasteiger partial charge in [-0.1, -0.05) is 50.6 Å². The van der Waals surface area contributed by atoms with Gasteiger partial charge >= 0.3 is 0 Å². The Labute approximate surface area is 124 Å². The molecule has 1 amide bonds. The average Bonchev–Trinajstić information content (AvgIpc) is 2.67. The number of fused-ring (bicyclic) bond motifs is 1. The number of halogens is 1. The molecule has 0 bridgehead atoms. The summed E-state index contributed by atoms with van der Waals surface area (Å²) in [7, 11) is 0. The molecule has 1 aliphatic heterocycles. The molecule has 1 aromatic carbocycles. The molecule has 0 atom stereocenters. The molecule has 0 fully saturated rings. The lowest BCUT2D eigenvalue weighted by atomic mass is 10.1. The Hall–Kier alpha value is -1.35. The summed E-state index contributed by atoms with van der Waals surface area (Å²) in [6.45, 7) is 2.79. The third kappa shape index (κ3) is 3.21. The number of Topliss-reactive ketones (excluding diaryl/α,β-unsaturated/α-hetero) is 1. The first-order chi connectivity index (χ1) is 9.65. The second kappa shape index (κ2) is 6.89. The van der Waals surface area contributed by atoms with E-state index in [9.17, 15) is 9.59 Å². The Morgan fingerprint density at radius 3 is 2.50 bits per heavy atom. The molecule has 108 valence electrons. The molecule has 0 N–H and O–H groups in total. The van der Waals surface area contributed by atoms with Crippen LogP contribution in [0.3, 0.4) is 0 Å². The fraction of sp³-hybridized carbons (Fsp3) is 0.500. The smallest absolute Gasteiger partial charge is 0.299 e. The van der Waals surface area contributed by atoms with Gasteiger partial charge in [0.15, 0.2) is 0 Å². The van der Waals surface area contributed by atoms with E-state index in [1.165, 1.54) is 25.7 Å². The van der Waals surface area contributed by atoms with Crippen molar-refractivity contribution in [1.29, 1.82) is 0 Å². The molecular weight excluding hydrogens is 274 g/mol. The highest BCUT2D eigenvalue weighted by molar-refractivity contribution is 6.52. The SMILES string of the molecule is CCCCCCCCN1C(=O)C(=O)c2ccc(Cl)cc21. The highest BCUT2D eigenvalue weighted by atomic mass is 35.5. The number of nitrogens with zero attached hydrogens (tertiary/aromatic N) is 1.